The van der Waals surface area contributed by atoms with E-state index >= 15 is 0 Å². The first-order chi connectivity index (χ1) is 12.2. The van der Waals surface area contributed by atoms with Crippen molar-refractivity contribution in [2.24, 2.45) is 0 Å². The molecule has 1 amide bonds. The lowest BCUT2D eigenvalue weighted by Gasteiger charge is -2.18. The van der Waals surface area contributed by atoms with Crippen LogP contribution in [0.15, 0.2) is 48.5 Å². The molecule has 0 fully saturated rings. The minimum absolute atomic E-state index is 0.101. The van der Waals surface area contributed by atoms with Crippen LogP contribution in [0.2, 0.25) is 0 Å². The lowest BCUT2D eigenvalue weighted by molar-refractivity contribution is -0.142. The third-order valence-corrected chi connectivity index (χ3v) is 4.34. The van der Waals surface area contributed by atoms with Gasteiger partial charge in [0.2, 0.25) is 0 Å². The number of alkyl halides is 3. The van der Waals surface area contributed by atoms with Crippen LogP contribution in [0, 0.1) is 3.57 Å². The van der Waals surface area contributed by atoms with Gasteiger partial charge in [0.1, 0.15) is 6.04 Å². The zero-order valence-electron chi connectivity index (χ0n) is 13.6. The normalized spacial score (nSPS) is 12.3. The zero-order chi connectivity index (χ0) is 19.3. The van der Waals surface area contributed by atoms with Crippen LogP contribution >= 0.6 is 22.6 Å². The van der Waals surface area contributed by atoms with Gasteiger partial charge >= 0.3 is 12.1 Å². The largest absolute Gasteiger partial charge is 0.467 e. The Morgan fingerprint density at radius 1 is 1.12 bits per heavy atom. The van der Waals surface area contributed by atoms with E-state index < -0.39 is 35.2 Å². The zero-order valence-corrected chi connectivity index (χ0v) is 15.8. The number of carbonyl (C=O) groups excluding carboxylic acids is 2. The van der Waals surface area contributed by atoms with Crippen molar-refractivity contribution in [3.63, 3.8) is 0 Å². The number of nitrogens with one attached hydrogen (secondary N) is 1. The first kappa shape index (κ1) is 20.2. The Morgan fingerprint density at radius 2 is 1.73 bits per heavy atom. The number of halogens is 4. The van der Waals surface area contributed by atoms with Gasteiger partial charge in [-0.2, -0.15) is 13.2 Å². The second-order valence-corrected chi connectivity index (χ2v) is 6.67. The molecule has 0 saturated heterocycles. The summed E-state index contributed by atoms with van der Waals surface area (Å²) >= 11 is 2.12. The van der Waals surface area contributed by atoms with Gasteiger partial charge in [-0.3, -0.25) is 4.79 Å². The van der Waals surface area contributed by atoms with Crippen LogP contribution in [0.1, 0.15) is 21.5 Å². The third kappa shape index (κ3) is 5.20. The van der Waals surface area contributed by atoms with E-state index in [1.165, 1.54) is 12.1 Å². The number of carbonyl (C=O) groups is 2. The number of amides is 1. The standard InChI is InChI=1S/C18H15F3INO3/c1-26-17(25)15(10-11-6-8-12(22)9-7-11)23-16(24)13-4-2-3-5-14(13)18(19,20)21/h2-9,15H,10H2,1H3,(H,23,24)/t15-/m1/s1. The number of methoxy groups -OCH3 is 1. The van der Waals surface area contributed by atoms with Crippen LogP contribution in [0.5, 0.6) is 0 Å². The minimum atomic E-state index is -4.68. The smallest absolute Gasteiger partial charge is 0.417 e. The summed E-state index contributed by atoms with van der Waals surface area (Å²) in [4.78, 5) is 24.3. The maximum Gasteiger partial charge on any atom is 0.417 e. The molecule has 0 saturated carbocycles. The molecule has 0 spiro atoms. The second kappa shape index (κ2) is 8.52. The first-order valence-corrected chi connectivity index (χ1v) is 8.59. The summed E-state index contributed by atoms with van der Waals surface area (Å²) in [6.07, 6.45) is -4.58. The van der Waals surface area contributed by atoms with Crippen molar-refractivity contribution in [2.45, 2.75) is 18.6 Å². The highest BCUT2D eigenvalue weighted by atomic mass is 127. The molecule has 0 radical (unpaired) electrons. The number of rotatable bonds is 5. The fourth-order valence-corrected chi connectivity index (χ4v) is 2.72. The number of benzene rings is 2. The highest BCUT2D eigenvalue weighted by molar-refractivity contribution is 14.1. The van der Waals surface area contributed by atoms with Crippen LogP contribution in [0.25, 0.3) is 0 Å². The van der Waals surface area contributed by atoms with Gasteiger partial charge in [-0.25, -0.2) is 4.79 Å². The predicted octanol–water partition coefficient (Wildman–Crippen LogP) is 3.82. The average Bonchev–Trinajstić information content (AvgIpc) is 2.61. The van der Waals surface area contributed by atoms with Crippen LogP contribution < -0.4 is 5.32 Å². The molecule has 0 heterocycles. The summed E-state index contributed by atoms with van der Waals surface area (Å²) in [5, 5.41) is 2.34. The lowest BCUT2D eigenvalue weighted by atomic mass is 10.0. The van der Waals surface area contributed by atoms with Crippen molar-refractivity contribution in [3.05, 3.63) is 68.8 Å². The predicted molar refractivity (Wildman–Crippen MR) is 97.6 cm³/mol. The summed E-state index contributed by atoms with van der Waals surface area (Å²) < 4.78 is 44.9. The Balaban J connectivity index is 2.25. The topological polar surface area (TPSA) is 55.4 Å². The van der Waals surface area contributed by atoms with Gasteiger partial charge in [-0.05, 0) is 52.4 Å². The van der Waals surface area contributed by atoms with E-state index in [1.807, 2.05) is 12.1 Å². The molecule has 2 rings (SSSR count). The maximum atomic E-state index is 13.1. The van der Waals surface area contributed by atoms with Crippen LogP contribution in [-0.4, -0.2) is 25.0 Å². The SMILES string of the molecule is COC(=O)[C@@H](Cc1ccc(I)cc1)NC(=O)c1ccccc1C(F)(F)F. The summed E-state index contributed by atoms with van der Waals surface area (Å²) in [7, 11) is 1.15. The molecule has 2 aromatic carbocycles. The van der Waals surface area contributed by atoms with E-state index in [2.05, 4.69) is 32.6 Å². The fourth-order valence-electron chi connectivity index (χ4n) is 2.36. The lowest BCUT2D eigenvalue weighted by Crippen LogP contribution is -2.43. The highest BCUT2D eigenvalue weighted by Crippen LogP contribution is 2.31. The molecule has 0 aliphatic carbocycles. The highest BCUT2D eigenvalue weighted by Gasteiger charge is 2.35. The van der Waals surface area contributed by atoms with Gasteiger partial charge in [0.25, 0.3) is 5.91 Å². The van der Waals surface area contributed by atoms with Gasteiger partial charge in [-0.15, -0.1) is 0 Å². The molecule has 1 atom stereocenters. The fraction of sp³-hybridized carbons (Fsp3) is 0.222. The minimum Gasteiger partial charge on any atom is -0.467 e. The number of hydrogen-bond donors (Lipinski definition) is 1. The molecular formula is C18H15F3INO3. The molecule has 8 heteroatoms. The van der Waals surface area contributed by atoms with Crippen LogP contribution in [0.4, 0.5) is 13.2 Å². The Labute approximate surface area is 161 Å². The van der Waals surface area contributed by atoms with Crippen molar-refractivity contribution in [1.82, 2.24) is 5.32 Å². The monoisotopic (exact) mass is 477 g/mol. The molecule has 0 bridgehead atoms. The first-order valence-electron chi connectivity index (χ1n) is 7.51. The molecular weight excluding hydrogens is 462 g/mol. The Kier molecular flexibility index (Phi) is 6.63. The van der Waals surface area contributed by atoms with Gasteiger partial charge in [0, 0.05) is 9.99 Å². The Hall–Kier alpha value is -2.10. The van der Waals surface area contributed by atoms with E-state index in [0.29, 0.717) is 0 Å². The van der Waals surface area contributed by atoms with E-state index in [4.69, 9.17) is 0 Å². The summed E-state index contributed by atoms with van der Waals surface area (Å²) in [5.74, 6) is -1.72. The molecule has 0 aliphatic rings. The van der Waals surface area contributed by atoms with Crippen molar-refractivity contribution < 1.29 is 27.5 Å². The van der Waals surface area contributed by atoms with Crippen molar-refractivity contribution in [3.8, 4) is 0 Å². The molecule has 0 aromatic heterocycles. The van der Waals surface area contributed by atoms with E-state index in [9.17, 15) is 22.8 Å². The molecule has 0 unspecified atom stereocenters. The van der Waals surface area contributed by atoms with Crippen LogP contribution in [0.3, 0.4) is 0 Å². The Bertz CT molecular complexity index is 791. The van der Waals surface area contributed by atoms with Gasteiger partial charge in [-0.1, -0.05) is 24.3 Å². The maximum absolute atomic E-state index is 13.1. The molecule has 0 aliphatic heterocycles. The van der Waals surface area contributed by atoms with E-state index in [0.717, 1.165) is 28.4 Å². The van der Waals surface area contributed by atoms with Crippen molar-refractivity contribution in [1.29, 1.82) is 0 Å². The second-order valence-electron chi connectivity index (χ2n) is 5.42. The van der Waals surface area contributed by atoms with Crippen LogP contribution in [-0.2, 0) is 22.1 Å². The Morgan fingerprint density at radius 3 is 2.31 bits per heavy atom. The van der Waals surface area contributed by atoms with Crippen molar-refractivity contribution in [2.75, 3.05) is 7.11 Å². The number of esters is 1. The average molecular weight is 477 g/mol. The molecule has 138 valence electrons. The molecule has 4 nitrogen and oxygen atoms in total. The molecule has 26 heavy (non-hydrogen) atoms. The van der Waals surface area contributed by atoms with Gasteiger partial charge < -0.3 is 10.1 Å². The van der Waals surface area contributed by atoms with Gasteiger partial charge in [0.15, 0.2) is 0 Å². The summed E-state index contributed by atoms with van der Waals surface area (Å²) in [6, 6.07) is 10.5. The van der Waals surface area contributed by atoms with Gasteiger partial charge in [0.05, 0.1) is 18.2 Å². The van der Waals surface area contributed by atoms with E-state index in [1.54, 1.807) is 12.1 Å². The summed E-state index contributed by atoms with van der Waals surface area (Å²) in [5.41, 5.74) is -0.864. The third-order valence-electron chi connectivity index (χ3n) is 3.62. The number of hydrogen-bond acceptors (Lipinski definition) is 3. The number of ether oxygens (including phenoxy) is 1. The molecule has 2 aromatic rings. The van der Waals surface area contributed by atoms with Crippen molar-refractivity contribution >= 4 is 34.5 Å². The summed E-state index contributed by atoms with van der Waals surface area (Å²) in [6.45, 7) is 0. The molecule has 1 N–H and O–H groups in total. The quantitative estimate of drug-likeness (QED) is 0.527. The van der Waals surface area contributed by atoms with E-state index in [-0.39, 0.29) is 6.42 Å².